The molecule has 2 aromatic rings. The summed E-state index contributed by atoms with van der Waals surface area (Å²) in [6, 6.07) is 3.31. The number of likely N-dealkylation sites (tertiary alicyclic amines) is 1. The first kappa shape index (κ1) is 24.1. The zero-order valence-electron chi connectivity index (χ0n) is 16.7. The number of carbonyl (C=O) groups excluding carboxylic acids is 1. The van der Waals surface area contributed by atoms with E-state index in [2.05, 4.69) is 9.97 Å². The third kappa shape index (κ3) is 5.24. The number of thiazole rings is 1. The quantitative estimate of drug-likeness (QED) is 0.693. The first-order valence-corrected chi connectivity index (χ1v) is 11.7. The fourth-order valence-electron chi connectivity index (χ4n) is 3.57. The van der Waals surface area contributed by atoms with Gasteiger partial charge in [0.15, 0.2) is 0 Å². The van der Waals surface area contributed by atoms with Crippen molar-refractivity contribution in [3.63, 3.8) is 0 Å². The number of carboxylic acid groups (broad SMARTS) is 1. The number of hydrogen-bond acceptors (Lipinski definition) is 7. The second-order valence-electron chi connectivity index (χ2n) is 7.24. The van der Waals surface area contributed by atoms with Gasteiger partial charge in [0, 0.05) is 48.9 Å². The molecule has 0 aromatic carbocycles. The number of aromatic nitrogens is 2. The SMILES string of the molecule is Cc1nc(CN2CC3CN(C(=O)c4ccncc4)CC3S2(=O)=O)cs1.O=C(O)C(F)(F)F. The number of alkyl halides is 3. The molecule has 0 aliphatic carbocycles. The summed E-state index contributed by atoms with van der Waals surface area (Å²) < 4.78 is 58.9. The molecule has 2 atom stereocenters. The fourth-order valence-corrected chi connectivity index (χ4v) is 6.30. The number of rotatable bonds is 3. The highest BCUT2D eigenvalue weighted by Gasteiger charge is 2.52. The van der Waals surface area contributed by atoms with Gasteiger partial charge < -0.3 is 10.0 Å². The first-order valence-electron chi connectivity index (χ1n) is 9.29. The van der Waals surface area contributed by atoms with Crippen LogP contribution in [0.3, 0.4) is 0 Å². The van der Waals surface area contributed by atoms with E-state index in [9.17, 15) is 26.4 Å². The van der Waals surface area contributed by atoms with Crippen LogP contribution in [0.4, 0.5) is 13.2 Å². The van der Waals surface area contributed by atoms with E-state index < -0.39 is 27.4 Å². The lowest BCUT2D eigenvalue weighted by Crippen LogP contribution is -2.36. The van der Waals surface area contributed by atoms with Crippen LogP contribution in [0.2, 0.25) is 0 Å². The molecule has 1 amide bonds. The van der Waals surface area contributed by atoms with Crippen LogP contribution in [0.15, 0.2) is 29.9 Å². The van der Waals surface area contributed by atoms with E-state index >= 15 is 0 Å². The minimum Gasteiger partial charge on any atom is -0.475 e. The third-order valence-corrected chi connectivity index (χ3v) is 8.14. The summed E-state index contributed by atoms with van der Waals surface area (Å²) in [5.74, 6) is -2.93. The predicted molar refractivity (Wildman–Crippen MR) is 107 cm³/mol. The molecule has 0 spiro atoms. The molecule has 2 aliphatic rings. The van der Waals surface area contributed by atoms with Gasteiger partial charge in [-0.3, -0.25) is 9.78 Å². The van der Waals surface area contributed by atoms with Gasteiger partial charge in [0.1, 0.15) is 0 Å². The number of sulfonamides is 1. The zero-order valence-corrected chi connectivity index (χ0v) is 18.3. The minimum atomic E-state index is -5.08. The average Bonchev–Trinajstić information content (AvgIpc) is 3.39. The Morgan fingerprint density at radius 2 is 1.84 bits per heavy atom. The summed E-state index contributed by atoms with van der Waals surface area (Å²) in [5.41, 5.74) is 1.33. The van der Waals surface area contributed by atoms with Crippen LogP contribution in [0.25, 0.3) is 0 Å². The smallest absolute Gasteiger partial charge is 0.475 e. The van der Waals surface area contributed by atoms with Crippen molar-refractivity contribution < 1.29 is 36.3 Å². The molecule has 14 heteroatoms. The molecule has 2 fully saturated rings. The second kappa shape index (κ2) is 9.11. The van der Waals surface area contributed by atoms with Crippen molar-refractivity contribution in [2.24, 2.45) is 5.92 Å². The third-order valence-electron chi connectivity index (χ3n) is 5.02. The number of fused-ring (bicyclic) bond motifs is 1. The van der Waals surface area contributed by atoms with E-state index in [0.29, 0.717) is 25.2 Å². The summed E-state index contributed by atoms with van der Waals surface area (Å²) in [6.07, 6.45) is -1.95. The average molecular weight is 493 g/mol. The van der Waals surface area contributed by atoms with E-state index in [1.54, 1.807) is 29.4 Å². The molecular weight excluding hydrogens is 473 g/mol. The van der Waals surface area contributed by atoms with Crippen molar-refractivity contribution in [1.82, 2.24) is 19.2 Å². The second-order valence-corrected chi connectivity index (χ2v) is 10.5. The van der Waals surface area contributed by atoms with Crippen molar-refractivity contribution in [2.75, 3.05) is 19.6 Å². The molecule has 2 unspecified atom stereocenters. The number of nitrogens with zero attached hydrogens (tertiary/aromatic N) is 4. The van der Waals surface area contributed by atoms with Gasteiger partial charge in [-0.05, 0) is 19.1 Å². The Labute approximate surface area is 185 Å². The summed E-state index contributed by atoms with van der Waals surface area (Å²) in [5, 5.41) is 9.44. The molecule has 0 bridgehead atoms. The predicted octanol–water partition coefficient (Wildman–Crippen LogP) is 1.77. The number of pyridine rings is 1. The van der Waals surface area contributed by atoms with Crippen molar-refractivity contribution in [3.05, 3.63) is 46.2 Å². The monoisotopic (exact) mass is 492 g/mol. The van der Waals surface area contributed by atoms with Gasteiger partial charge in [-0.2, -0.15) is 17.5 Å². The maximum atomic E-state index is 12.8. The van der Waals surface area contributed by atoms with Gasteiger partial charge in [-0.1, -0.05) is 0 Å². The highest BCUT2D eigenvalue weighted by atomic mass is 32.2. The van der Waals surface area contributed by atoms with Crippen molar-refractivity contribution in [1.29, 1.82) is 0 Å². The Hall–Kier alpha value is -2.58. The molecule has 0 radical (unpaired) electrons. The standard InChI is InChI=1S/C16H18N4O3S2.C2HF3O2/c1-11-18-14(10-24-11)8-20-7-13-6-19(9-15(13)25(20,22)23)16(21)12-2-4-17-5-3-12;3-2(4,5)1(6)7/h2-5,10,13,15H,6-9H2,1H3;(H,6,7). The van der Waals surface area contributed by atoms with E-state index in [4.69, 9.17) is 9.90 Å². The maximum absolute atomic E-state index is 12.8. The van der Waals surface area contributed by atoms with Crippen LogP contribution in [0, 0.1) is 12.8 Å². The highest BCUT2D eigenvalue weighted by molar-refractivity contribution is 7.90. The van der Waals surface area contributed by atoms with Crippen molar-refractivity contribution in [3.8, 4) is 0 Å². The maximum Gasteiger partial charge on any atom is 0.490 e. The summed E-state index contributed by atoms with van der Waals surface area (Å²) in [6.45, 7) is 3.39. The molecule has 4 rings (SSSR count). The molecule has 2 aliphatic heterocycles. The molecule has 9 nitrogen and oxygen atoms in total. The number of halogens is 3. The number of aryl methyl sites for hydroxylation is 1. The number of amides is 1. The van der Waals surface area contributed by atoms with Gasteiger partial charge in [0.05, 0.1) is 22.5 Å². The summed E-state index contributed by atoms with van der Waals surface area (Å²) >= 11 is 1.52. The van der Waals surface area contributed by atoms with Crippen LogP contribution in [-0.4, -0.2) is 75.6 Å². The molecule has 2 aromatic heterocycles. The van der Waals surface area contributed by atoms with Crippen LogP contribution >= 0.6 is 11.3 Å². The number of aliphatic carboxylic acids is 1. The van der Waals surface area contributed by atoms with E-state index in [-0.39, 0.29) is 18.4 Å². The van der Waals surface area contributed by atoms with E-state index in [0.717, 1.165) is 10.7 Å². The van der Waals surface area contributed by atoms with Crippen molar-refractivity contribution >= 4 is 33.2 Å². The number of carbonyl (C=O) groups is 2. The Morgan fingerprint density at radius 1 is 1.22 bits per heavy atom. The van der Waals surface area contributed by atoms with Crippen LogP contribution in [-0.2, 0) is 21.4 Å². The molecule has 0 saturated carbocycles. The van der Waals surface area contributed by atoms with Gasteiger partial charge in [0.2, 0.25) is 10.0 Å². The zero-order chi connectivity index (χ0) is 23.7. The van der Waals surface area contributed by atoms with Crippen LogP contribution < -0.4 is 0 Å². The lowest BCUT2D eigenvalue weighted by atomic mass is 10.1. The Morgan fingerprint density at radius 3 is 2.34 bits per heavy atom. The summed E-state index contributed by atoms with van der Waals surface area (Å²) in [4.78, 5) is 31.4. The molecule has 174 valence electrons. The Bertz CT molecular complexity index is 1090. The van der Waals surface area contributed by atoms with Gasteiger partial charge >= 0.3 is 12.1 Å². The lowest BCUT2D eigenvalue weighted by molar-refractivity contribution is -0.192. The molecule has 4 heterocycles. The number of hydrogen-bond donors (Lipinski definition) is 1. The fraction of sp³-hybridized carbons (Fsp3) is 0.444. The molecule has 32 heavy (non-hydrogen) atoms. The van der Waals surface area contributed by atoms with Crippen LogP contribution in [0.5, 0.6) is 0 Å². The molecular formula is C18H19F3N4O5S2. The van der Waals surface area contributed by atoms with E-state index in [1.807, 2.05) is 12.3 Å². The topological polar surface area (TPSA) is 121 Å². The van der Waals surface area contributed by atoms with Gasteiger partial charge in [-0.25, -0.2) is 18.2 Å². The van der Waals surface area contributed by atoms with Crippen LogP contribution in [0.1, 0.15) is 21.1 Å². The highest BCUT2D eigenvalue weighted by Crippen LogP contribution is 2.35. The minimum absolute atomic E-state index is 0.0458. The van der Waals surface area contributed by atoms with Crippen molar-refractivity contribution in [2.45, 2.75) is 24.9 Å². The largest absolute Gasteiger partial charge is 0.490 e. The molecule has 1 N–H and O–H groups in total. The lowest BCUT2D eigenvalue weighted by Gasteiger charge is -2.21. The summed E-state index contributed by atoms with van der Waals surface area (Å²) in [7, 11) is -3.41. The Balaban J connectivity index is 0.000000360. The van der Waals surface area contributed by atoms with Gasteiger partial charge in [0.25, 0.3) is 5.91 Å². The van der Waals surface area contributed by atoms with E-state index in [1.165, 1.54) is 15.6 Å². The molecule has 2 saturated heterocycles. The number of carboxylic acids is 1. The Kier molecular flexibility index (Phi) is 6.86. The first-order chi connectivity index (χ1) is 14.9. The normalized spacial score (nSPS) is 22.2. The van der Waals surface area contributed by atoms with Gasteiger partial charge in [-0.15, -0.1) is 11.3 Å².